The molecule has 1 fully saturated rings. The molecule has 0 aromatic heterocycles. The summed E-state index contributed by atoms with van der Waals surface area (Å²) in [5, 5.41) is 9.13. The van der Waals surface area contributed by atoms with Gasteiger partial charge in [0.25, 0.3) is 0 Å². The maximum absolute atomic E-state index is 14.0. The van der Waals surface area contributed by atoms with E-state index in [2.05, 4.69) is 23.9 Å². The average molecular weight is 324 g/mol. The normalized spacial score (nSPS) is 22.5. The Morgan fingerprint density at radius 3 is 2.83 bits per heavy atom. The van der Waals surface area contributed by atoms with Crippen molar-refractivity contribution in [2.24, 2.45) is 5.92 Å². The third-order valence-electron chi connectivity index (χ3n) is 4.82. The molecule has 0 radical (unpaired) electrons. The van der Waals surface area contributed by atoms with Crippen molar-refractivity contribution < 1.29 is 14.2 Å². The minimum absolute atomic E-state index is 0.174. The van der Waals surface area contributed by atoms with Crippen LogP contribution in [0.1, 0.15) is 24.8 Å². The van der Waals surface area contributed by atoms with Gasteiger partial charge < -0.3 is 14.7 Å². The fourth-order valence-corrected chi connectivity index (χ4v) is 3.60. The molecular formula is C18H29FN2O2. The van der Waals surface area contributed by atoms with Crippen LogP contribution in [0.25, 0.3) is 0 Å². The molecule has 1 saturated heterocycles. The summed E-state index contributed by atoms with van der Waals surface area (Å²) in [6.07, 6.45) is 2.92. The summed E-state index contributed by atoms with van der Waals surface area (Å²) in [7, 11) is 5.84. The molecular weight excluding hydrogens is 295 g/mol. The molecule has 0 aliphatic carbocycles. The van der Waals surface area contributed by atoms with Crippen LogP contribution in [-0.4, -0.2) is 61.8 Å². The lowest BCUT2D eigenvalue weighted by atomic mass is 9.87. The molecule has 23 heavy (non-hydrogen) atoms. The topological polar surface area (TPSA) is 35.9 Å². The van der Waals surface area contributed by atoms with Crippen molar-refractivity contribution in [3.63, 3.8) is 0 Å². The Morgan fingerprint density at radius 1 is 1.39 bits per heavy atom. The lowest BCUT2D eigenvalue weighted by Gasteiger charge is -2.41. The quantitative estimate of drug-likeness (QED) is 0.835. The van der Waals surface area contributed by atoms with E-state index in [0.29, 0.717) is 29.8 Å². The predicted molar refractivity (Wildman–Crippen MR) is 90.1 cm³/mol. The second kappa shape index (κ2) is 8.62. The summed E-state index contributed by atoms with van der Waals surface area (Å²) in [6.45, 7) is 2.76. The molecule has 2 atom stereocenters. The van der Waals surface area contributed by atoms with E-state index in [9.17, 15) is 4.39 Å². The number of aliphatic hydroxyl groups excluding tert-OH is 1. The van der Waals surface area contributed by atoms with E-state index in [1.54, 1.807) is 19.2 Å². The van der Waals surface area contributed by atoms with Crippen molar-refractivity contribution >= 4 is 0 Å². The highest BCUT2D eigenvalue weighted by atomic mass is 19.1. The molecule has 1 aromatic carbocycles. The number of rotatable bonds is 7. The van der Waals surface area contributed by atoms with Crippen LogP contribution in [0.4, 0.5) is 4.39 Å². The Hall–Kier alpha value is -1.17. The molecule has 5 heteroatoms. The van der Waals surface area contributed by atoms with E-state index in [1.165, 1.54) is 6.07 Å². The minimum atomic E-state index is -0.174. The summed E-state index contributed by atoms with van der Waals surface area (Å²) in [5.41, 5.74) is 0.688. The van der Waals surface area contributed by atoms with Crippen molar-refractivity contribution in [3.8, 4) is 5.75 Å². The number of hydrogen-bond acceptors (Lipinski definition) is 4. The lowest BCUT2D eigenvalue weighted by molar-refractivity contribution is 0.0711. The number of halogens is 1. The van der Waals surface area contributed by atoms with Crippen molar-refractivity contribution in [1.29, 1.82) is 0 Å². The number of aliphatic hydroxyl groups is 1. The molecule has 0 bridgehead atoms. The van der Waals surface area contributed by atoms with Gasteiger partial charge in [-0.15, -0.1) is 0 Å². The van der Waals surface area contributed by atoms with Gasteiger partial charge in [0, 0.05) is 31.3 Å². The minimum Gasteiger partial charge on any atom is -0.497 e. The molecule has 0 unspecified atom stereocenters. The maximum atomic E-state index is 14.0. The molecule has 130 valence electrons. The van der Waals surface area contributed by atoms with Crippen molar-refractivity contribution in [2.45, 2.75) is 31.8 Å². The molecule has 1 aliphatic rings. The number of methoxy groups -OCH3 is 1. The average Bonchev–Trinajstić information content (AvgIpc) is 2.54. The fraction of sp³-hybridized carbons (Fsp3) is 0.667. The van der Waals surface area contributed by atoms with Crippen molar-refractivity contribution in [1.82, 2.24) is 9.80 Å². The van der Waals surface area contributed by atoms with Crippen molar-refractivity contribution in [2.75, 3.05) is 40.9 Å². The van der Waals surface area contributed by atoms with Crippen LogP contribution < -0.4 is 4.74 Å². The largest absolute Gasteiger partial charge is 0.497 e. The monoisotopic (exact) mass is 324 g/mol. The van der Waals surface area contributed by atoms with Crippen LogP contribution in [0.5, 0.6) is 5.75 Å². The number of hydrogen-bond donors (Lipinski definition) is 1. The first-order chi connectivity index (χ1) is 11.0. The highest BCUT2D eigenvalue weighted by molar-refractivity contribution is 5.29. The Labute approximate surface area is 138 Å². The summed E-state index contributed by atoms with van der Waals surface area (Å²) in [6, 6.07) is 5.45. The van der Waals surface area contributed by atoms with Gasteiger partial charge in [-0.2, -0.15) is 0 Å². The van der Waals surface area contributed by atoms with E-state index in [-0.39, 0.29) is 12.4 Å². The molecule has 1 N–H and O–H groups in total. The second-order valence-corrected chi connectivity index (χ2v) is 6.64. The van der Waals surface area contributed by atoms with Gasteiger partial charge in [-0.3, -0.25) is 4.90 Å². The Bertz CT molecular complexity index is 496. The summed E-state index contributed by atoms with van der Waals surface area (Å²) in [5.74, 6) is 1.04. The standard InChI is InChI=1S/C18H29FN2O2/c1-20(2)18-8-9-21(12-14(18)5-4-10-22)13-15-11-16(23-3)6-7-17(15)19/h6-7,11,14,18,22H,4-5,8-10,12-13H2,1-3H3/t14-,18+/m0/s1. The zero-order chi connectivity index (χ0) is 16.8. The van der Waals surface area contributed by atoms with E-state index < -0.39 is 0 Å². The van der Waals surface area contributed by atoms with Gasteiger partial charge in [0.15, 0.2) is 0 Å². The van der Waals surface area contributed by atoms with Gasteiger partial charge in [-0.05, 0) is 64.0 Å². The van der Waals surface area contributed by atoms with Crippen LogP contribution >= 0.6 is 0 Å². The first kappa shape index (κ1) is 18.2. The molecule has 0 amide bonds. The molecule has 1 aliphatic heterocycles. The smallest absolute Gasteiger partial charge is 0.127 e. The predicted octanol–water partition coefficient (Wildman–Crippen LogP) is 2.36. The number of ether oxygens (including phenoxy) is 1. The molecule has 2 rings (SSSR count). The molecule has 1 heterocycles. The van der Waals surface area contributed by atoms with Crippen LogP contribution in [0, 0.1) is 11.7 Å². The second-order valence-electron chi connectivity index (χ2n) is 6.64. The first-order valence-corrected chi connectivity index (χ1v) is 8.37. The van der Waals surface area contributed by atoms with Crippen LogP contribution in [0.2, 0.25) is 0 Å². The van der Waals surface area contributed by atoms with E-state index in [4.69, 9.17) is 9.84 Å². The van der Waals surface area contributed by atoms with Gasteiger partial charge in [0.05, 0.1) is 7.11 Å². The molecule has 0 saturated carbocycles. The van der Waals surface area contributed by atoms with E-state index in [1.807, 2.05) is 0 Å². The van der Waals surface area contributed by atoms with Gasteiger partial charge in [0.1, 0.15) is 11.6 Å². The number of piperidine rings is 1. The SMILES string of the molecule is COc1ccc(F)c(CN2CC[C@@H](N(C)C)[C@@H](CCCO)C2)c1. The third-order valence-corrected chi connectivity index (χ3v) is 4.82. The first-order valence-electron chi connectivity index (χ1n) is 8.37. The van der Waals surface area contributed by atoms with Gasteiger partial charge >= 0.3 is 0 Å². The van der Waals surface area contributed by atoms with Crippen LogP contribution in [0.3, 0.4) is 0 Å². The maximum Gasteiger partial charge on any atom is 0.127 e. The Morgan fingerprint density at radius 2 is 2.17 bits per heavy atom. The third kappa shape index (κ3) is 4.90. The summed E-state index contributed by atoms with van der Waals surface area (Å²) < 4.78 is 19.2. The molecule has 4 nitrogen and oxygen atoms in total. The Balaban J connectivity index is 2.03. The number of nitrogens with zero attached hydrogens (tertiary/aromatic N) is 2. The highest BCUT2D eigenvalue weighted by Crippen LogP contribution is 2.27. The van der Waals surface area contributed by atoms with Gasteiger partial charge in [-0.25, -0.2) is 4.39 Å². The van der Waals surface area contributed by atoms with Crippen LogP contribution in [-0.2, 0) is 6.54 Å². The highest BCUT2D eigenvalue weighted by Gasteiger charge is 2.30. The summed E-state index contributed by atoms with van der Waals surface area (Å²) >= 11 is 0. The van der Waals surface area contributed by atoms with Gasteiger partial charge in [-0.1, -0.05) is 0 Å². The number of likely N-dealkylation sites (tertiary alicyclic amines) is 1. The van der Waals surface area contributed by atoms with E-state index in [0.717, 1.165) is 32.4 Å². The molecule has 0 spiro atoms. The zero-order valence-corrected chi connectivity index (χ0v) is 14.5. The molecule has 1 aromatic rings. The zero-order valence-electron chi connectivity index (χ0n) is 14.5. The van der Waals surface area contributed by atoms with Crippen molar-refractivity contribution in [3.05, 3.63) is 29.6 Å². The fourth-order valence-electron chi connectivity index (χ4n) is 3.60. The van der Waals surface area contributed by atoms with Crippen LogP contribution in [0.15, 0.2) is 18.2 Å². The van der Waals surface area contributed by atoms with E-state index >= 15 is 0 Å². The van der Waals surface area contributed by atoms with Gasteiger partial charge in [0.2, 0.25) is 0 Å². The Kier molecular flexibility index (Phi) is 6.81. The lowest BCUT2D eigenvalue weighted by Crippen LogP contribution is -2.48. The summed E-state index contributed by atoms with van der Waals surface area (Å²) in [4.78, 5) is 4.60. The number of benzene rings is 1.